The Labute approximate surface area is 141 Å². The third kappa shape index (κ3) is 2.49. The number of aromatic nitrogens is 5. The molecule has 24 heavy (non-hydrogen) atoms. The van der Waals surface area contributed by atoms with E-state index in [1.54, 1.807) is 4.40 Å². The second-order valence-corrected chi connectivity index (χ2v) is 6.24. The molecule has 1 N–H and O–H groups in total. The van der Waals surface area contributed by atoms with Crippen LogP contribution in [0.4, 0.5) is 13.2 Å². The molecule has 0 fully saturated rings. The normalized spacial score (nSPS) is 12.3. The van der Waals surface area contributed by atoms with Crippen LogP contribution in [0.25, 0.3) is 16.8 Å². The summed E-state index contributed by atoms with van der Waals surface area (Å²) in [6, 6.07) is 8.31. The van der Waals surface area contributed by atoms with E-state index in [1.165, 1.54) is 0 Å². The summed E-state index contributed by atoms with van der Waals surface area (Å²) in [5.74, 6) is 0.529. The summed E-state index contributed by atoms with van der Waals surface area (Å²) >= 11 is 7.01. The van der Waals surface area contributed by atoms with E-state index in [4.69, 9.17) is 11.6 Å². The number of fused-ring (bicyclic) bond motifs is 3. The molecule has 0 saturated carbocycles. The number of imidazole rings is 1. The number of pyridine rings is 1. The lowest BCUT2D eigenvalue weighted by Gasteiger charge is -2.08. The number of aromatic amines is 1. The summed E-state index contributed by atoms with van der Waals surface area (Å²) in [6.07, 6.45) is -3.73. The standard InChI is InChI=1S/C14H7ClF3N5S/c15-8-5-7(14(16,17)18)6-19-11(8)24-13-22-21-12-20-9-3-1-2-4-10(9)23(12)13/h1-6H,(H,20,21). The first kappa shape index (κ1) is 15.3. The van der Waals surface area contributed by atoms with Crippen molar-refractivity contribution in [2.24, 2.45) is 0 Å². The quantitative estimate of drug-likeness (QED) is 0.568. The molecular formula is C14H7ClF3N5S. The number of para-hydroxylation sites is 2. The number of rotatable bonds is 2. The first-order chi connectivity index (χ1) is 11.4. The molecule has 0 bridgehead atoms. The van der Waals surface area contributed by atoms with E-state index >= 15 is 0 Å². The summed E-state index contributed by atoms with van der Waals surface area (Å²) in [7, 11) is 0. The molecule has 0 spiro atoms. The lowest BCUT2D eigenvalue weighted by molar-refractivity contribution is -0.137. The highest BCUT2D eigenvalue weighted by molar-refractivity contribution is 7.99. The van der Waals surface area contributed by atoms with Gasteiger partial charge < -0.3 is 0 Å². The second-order valence-electron chi connectivity index (χ2n) is 4.88. The van der Waals surface area contributed by atoms with Gasteiger partial charge in [0.05, 0.1) is 21.6 Å². The first-order valence-electron chi connectivity index (χ1n) is 6.65. The lowest BCUT2D eigenvalue weighted by Crippen LogP contribution is -2.05. The van der Waals surface area contributed by atoms with Crippen molar-refractivity contribution in [2.45, 2.75) is 16.4 Å². The van der Waals surface area contributed by atoms with Crippen LogP contribution in [0, 0.1) is 0 Å². The predicted octanol–water partition coefficient (Wildman–Crippen LogP) is 4.43. The van der Waals surface area contributed by atoms with E-state index in [2.05, 4.69) is 20.2 Å². The molecule has 0 aliphatic carbocycles. The SMILES string of the molecule is FC(F)(F)c1cnc(Sc2n[nH]c3nc4ccccc4n23)c(Cl)c1. The highest BCUT2D eigenvalue weighted by Crippen LogP contribution is 2.36. The number of alkyl halides is 3. The second kappa shape index (κ2) is 5.38. The fourth-order valence-corrected chi connectivity index (χ4v) is 3.34. The summed E-state index contributed by atoms with van der Waals surface area (Å²) in [5.41, 5.74) is 0.711. The molecule has 0 aliphatic heterocycles. The van der Waals surface area contributed by atoms with Gasteiger partial charge in [-0.15, -0.1) is 5.10 Å². The van der Waals surface area contributed by atoms with E-state index in [0.29, 0.717) is 10.9 Å². The molecule has 3 heterocycles. The minimum atomic E-state index is -4.49. The maximum atomic E-state index is 12.7. The van der Waals surface area contributed by atoms with Crippen molar-refractivity contribution in [3.8, 4) is 0 Å². The summed E-state index contributed by atoms with van der Waals surface area (Å²) in [4.78, 5) is 8.19. The Morgan fingerprint density at radius 2 is 2.00 bits per heavy atom. The van der Waals surface area contributed by atoms with Crippen molar-refractivity contribution < 1.29 is 13.2 Å². The number of halogens is 4. The average molecular weight is 370 g/mol. The zero-order valence-corrected chi connectivity index (χ0v) is 13.2. The van der Waals surface area contributed by atoms with Crippen molar-refractivity contribution >= 4 is 40.2 Å². The molecule has 10 heteroatoms. The minimum absolute atomic E-state index is 0.0876. The molecule has 4 aromatic rings. The van der Waals surface area contributed by atoms with Crippen LogP contribution in [-0.4, -0.2) is 24.6 Å². The molecule has 1 aromatic carbocycles. The molecule has 3 aromatic heterocycles. The third-order valence-corrected chi connectivity index (χ3v) is 4.70. The van der Waals surface area contributed by atoms with Crippen molar-refractivity contribution in [3.05, 3.63) is 47.1 Å². The maximum absolute atomic E-state index is 12.7. The van der Waals surface area contributed by atoms with Gasteiger partial charge in [-0.3, -0.25) is 4.40 Å². The van der Waals surface area contributed by atoms with Gasteiger partial charge in [0, 0.05) is 6.20 Å². The number of benzene rings is 1. The Balaban J connectivity index is 1.77. The van der Waals surface area contributed by atoms with Crippen molar-refractivity contribution in [3.63, 3.8) is 0 Å². The summed E-state index contributed by atoms with van der Waals surface area (Å²) < 4.78 is 39.8. The van der Waals surface area contributed by atoms with Crippen LogP contribution in [0.3, 0.4) is 0 Å². The highest BCUT2D eigenvalue weighted by Gasteiger charge is 2.31. The van der Waals surface area contributed by atoms with Crippen LogP contribution < -0.4 is 0 Å². The Hall–Kier alpha value is -2.26. The smallest absolute Gasteiger partial charge is 0.254 e. The van der Waals surface area contributed by atoms with E-state index < -0.39 is 11.7 Å². The van der Waals surface area contributed by atoms with E-state index in [-0.39, 0.29) is 10.0 Å². The van der Waals surface area contributed by atoms with Gasteiger partial charge in [-0.1, -0.05) is 23.7 Å². The Morgan fingerprint density at radius 3 is 2.75 bits per heavy atom. The third-order valence-electron chi connectivity index (χ3n) is 3.33. The topological polar surface area (TPSA) is 58.9 Å². The van der Waals surface area contributed by atoms with Gasteiger partial charge in [0.25, 0.3) is 0 Å². The number of nitrogens with one attached hydrogen (secondary N) is 1. The monoisotopic (exact) mass is 369 g/mol. The first-order valence-corrected chi connectivity index (χ1v) is 7.85. The van der Waals surface area contributed by atoms with Gasteiger partial charge in [-0.05, 0) is 30.0 Å². The van der Waals surface area contributed by atoms with Crippen LogP contribution in [0.1, 0.15) is 5.56 Å². The number of hydrogen-bond donors (Lipinski definition) is 1. The number of hydrogen-bond acceptors (Lipinski definition) is 4. The van der Waals surface area contributed by atoms with Crippen LogP contribution in [0.2, 0.25) is 5.02 Å². The van der Waals surface area contributed by atoms with Crippen molar-refractivity contribution in [1.82, 2.24) is 24.6 Å². The number of H-pyrrole nitrogens is 1. The Bertz CT molecular complexity index is 1060. The molecule has 0 amide bonds. The molecule has 0 unspecified atom stereocenters. The maximum Gasteiger partial charge on any atom is 0.417 e. The molecule has 0 atom stereocenters. The highest BCUT2D eigenvalue weighted by atomic mass is 35.5. The number of nitrogens with zero attached hydrogens (tertiary/aromatic N) is 4. The van der Waals surface area contributed by atoms with Gasteiger partial charge >= 0.3 is 6.18 Å². The molecule has 0 radical (unpaired) electrons. The van der Waals surface area contributed by atoms with E-state index in [9.17, 15) is 13.2 Å². The van der Waals surface area contributed by atoms with Gasteiger partial charge in [-0.25, -0.2) is 15.1 Å². The van der Waals surface area contributed by atoms with Gasteiger partial charge in [0.2, 0.25) is 10.9 Å². The van der Waals surface area contributed by atoms with Crippen LogP contribution in [0.5, 0.6) is 0 Å². The van der Waals surface area contributed by atoms with Crippen molar-refractivity contribution in [1.29, 1.82) is 0 Å². The lowest BCUT2D eigenvalue weighted by atomic mass is 10.3. The van der Waals surface area contributed by atoms with Crippen LogP contribution in [0.15, 0.2) is 46.7 Å². The summed E-state index contributed by atoms with van der Waals surface area (Å²) in [6.45, 7) is 0. The fourth-order valence-electron chi connectivity index (χ4n) is 2.25. The predicted molar refractivity (Wildman–Crippen MR) is 83.2 cm³/mol. The van der Waals surface area contributed by atoms with Crippen molar-refractivity contribution in [2.75, 3.05) is 0 Å². The zero-order valence-electron chi connectivity index (χ0n) is 11.7. The molecule has 122 valence electrons. The molecule has 5 nitrogen and oxygen atoms in total. The van der Waals surface area contributed by atoms with Gasteiger partial charge in [0.1, 0.15) is 5.03 Å². The van der Waals surface area contributed by atoms with E-state index in [1.807, 2.05) is 24.3 Å². The molecular weight excluding hydrogens is 363 g/mol. The van der Waals surface area contributed by atoms with Crippen LogP contribution in [-0.2, 0) is 6.18 Å². The minimum Gasteiger partial charge on any atom is -0.254 e. The van der Waals surface area contributed by atoms with E-state index in [0.717, 1.165) is 35.1 Å². The van der Waals surface area contributed by atoms with Crippen LogP contribution >= 0.6 is 23.4 Å². The van der Waals surface area contributed by atoms with Gasteiger partial charge in [-0.2, -0.15) is 13.2 Å². The Morgan fingerprint density at radius 1 is 1.21 bits per heavy atom. The summed E-state index contributed by atoms with van der Waals surface area (Å²) in [5, 5.41) is 7.54. The molecule has 0 aliphatic rings. The van der Waals surface area contributed by atoms with Gasteiger partial charge in [0.15, 0.2) is 0 Å². The zero-order chi connectivity index (χ0) is 16.9. The molecule has 0 saturated heterocycles. The fraction of sp³-hybridized carbons (Fsp3) is 0.0714. The Kier molecular flexibility index (Phi) is 3.43. The average Bonchev–Trinajstić information content (AvgIpc) is 3.08. The molecule has 4 rings (SSSR count). The largest absolute Gasteiger partial charge is 0.417 e.